The Kier molecular flexibility index (Phi) is 3.64. The first-order valence-corrected chi connectivity index (χ1v) is 4.46. The molecule has 1 rings (SSSR count). The molecule has 0 aromatic carbocycles. The second-order valence-electron chi connectivity index (χ2n) is 2.95. The van der Waals surface area contributed by atoms with Crippen molar-refractivity contribution >= 4 is 11.7 Å². The van der Waals surface area contributed by atoms with Crippen LogP contribution in [0.25, 0.3) is 0 Å². The summed E-state index contributed by atoms with van der Waals surface area (Å²) in [4.78, 5) is 11.3. The van der Waals surface area contributed by atoms with Crippen molar-refractivity contribution in [3.8, 4) is 0 Å². The normalized spacial score (nSPS) is 17.4. The Morgan fingerprint density at radius 2 is 2.36 bits per heavy atom. The van der Waals surface area contributed by atoms with Crippen LogP contribution < -0.4 is 5.73 Å². The van der Waals surface area contributed by atoms with E-state index < -0.39 is 5.97 Å². The van der Waals surface area contributed by atoms with Crippen molar-refractivity contribution in [2.75, 3.05) is 19.8 Å². The lowest BCUT2D eigenvalue weighted by Crippen LogP contribution is -2.37. The zero-order chi connectivity index (χ0) is 10.6. The third-order valence-corrected chi connectivity index (χ3v) is 2.00. The van der Waals surface area contributed by atoms with Gasteiger partial charge in [-0.2, -0.15) is 0 Å². The van der Waals surface area contributed by atoms with E-state index >= 15 is 0 Å². The molecular formula is C9H14N2O3. The van der Waals surface area contributed by atoms with E-state index in [1.165, 1.54) is 0 Å². The summed E-state index contributed by atoms with van der Waals surface area (Å²) in [7, 11) is 0. The van der Waals surface area contributed by atoms with Gasteiger partial charge in [0.05, 0.1) is 31.1 Å². The van der Waals surface area contributed by atoms with Gasteiger partial charge in [0.15, 0.2) is 0 Å². The summed E-state index contributed by atoms with van der Waals surface area (Å²) in [6.07, 6.45) is 1.12. The predicted octanol–water partition coefficient (Wildman–Crippen LogP) is 0.0583. The van der Waals surface area contributed by atoms with Crippen molar-refractivity contribution in [3.05, 3.63) is 11.8 Å². The summed E-state index contributed by atoms with van der Waals surface area (Å²) in [5.74, 6) is -0.555. The maximum atomic E-state index is 11.3. The van der Waals surface area contributed by atoms with Gasteiger partial charge < -0.3 is 20.6 Å². The van der Waals surface area contributed by atoms with Crippen molar-refractivity contribution < 1.29 is 14.3 Å². The predicted molar refractivity (Wildman–Crippen MR) is 50.9 cm³/mol. The number of carbonyl (C=O) groups excluding carboxylic acids is 1. The lowest BCUT2D eigenvalue weighted by Gasteiger charge is -2.26. The second-order valence-corrected chi connectivity index (χ2v) is 2.95. The molecule has 0 bridgehead atoms. The van der Waals surface area contributed by atoms with Crippen molar-refractivity contribution in [1.82, 2.24) is 0 Å². The molecule has 0 atom stereocenters. The van der Waals surface area contributed by atoms with Gasteiger partial charge in [0, 0.05) is 12.1 Å². The molecule has 5 nitrogen and oxygen atoms in total. The van der Waals surface area contributed by atoms with E-state index in [-0.39, 0.29) is 23.8 Å². The topological polar surface area (TPSA) is 85.4 Å². The number of rotatable bonds is 4. The Bertz CT molecular complexity index is 269. The summed E-state index contributed by atoms with van der Waals surface area (Å²) in [6, 6.07) is 0. The van der Waals surface area contributed by atoms with E-state index in [1.807, 2.05) is 0 Å². The molecule has 3 N–H and O–H groups in total. The first-order chi connectivity index (χ1) is 6.70. The fraction of sp³-hybridized carbons (Fsp3) is 0.556. The standard InChI is InChI=1S/C9H14N2O3/c1-2-14-9(12)7(3-10)8(11)6-4-13-5-6/h3,6,11H,2,4-5,10H2,1H3/b7-3+,11-8?. The summed E-state index contributed by atoms with van der Waals surface area (Å²) in [5, 5.41) is 7.68. The van der Waals surface area contributed by atoms with Crippen LogP contribution >= 0.6 is 0 Å². The molecule has 0 amide bonds. The maximum absolute atomic E-state index is 11.3. The van der Waals surface area contributed by atoms with Crippen LogP contribution in [-0.2, 0) is 14.3 Å². The van der Waals surface area contributed by atoms with Crippen molar-refractivity contribution in [1.29, 1.82) is 5.41 Å². The number of hydrogen-bond donors (Lipinski definition) is 2. The van der Waals surface area contributed by atoms with Gasteiger partial charge in [-0.1, -0.05) is 0 Å². The minimum absolute atomic E-state index is 0.0193. The first kappa shape index (κ1) is 10.7. The zero-order valence-corrected chi connectivity index (χ0v) is 8.08. The van der Waals surface area contributed by atoms with Crippen molar-refractivity contribution in [2.24, 2.45) is 11.7 Å². The molecular weight excluding hydrogens is 184 g/mol. The molecule has 1 aliphatic heterocycles. The molecule has 78 valence electrons. The number of hydrogen-bond acceptors (Lipinski definition) is 5. The highest BCUT2D eigenvalue weighted by Crippen LogP contribution is 2.16. The van der Waals surface area contributed by atoms with Crippen molar-refractivity contribution in [3.63, 3.8) is 0 Å². The molecule has 0 spiro atoms. The van der Waals surface area contributed by atoms with Gasteiger partial charge in [0.1, 0.15) is 0 Å². The Morgan fingerprint density at radius 1 is 1.71 bits per heavy atom. The van der Waals surface area contributed by atoms with Crippen LogP contribution in [0, 0.1) is 11.3 Å². The largest absolute Gasteiger partial charge is 0.462 e. The highest BCUT2D eigenvalue weighted by atomic mass is 16.5. The van der Waals surface area contributed by atoms with E-state index in [0.717, 1.165) is 6.20 Å². The third kappa shape index (κ3) is 2.11. The summed E-state index contributed by atoms with van der Waals surface area (Å²) in [5.41, 5.74) is 5.62. The molecule has 0 radical (unpaired) electrons. The SMILES string of the molecule is CCOC(=O)/C(=C/N)C(=N)C1COC1. The molecule has 0 aromatic rings. The van der Waals surface area contributed by atoms with Gasteiger partial charge in [-0.15, -0.1) is 0 Å². The second kappa shape index (κ2) is 4.76. The molecule has 0 saturated carbocycles. The average Bonchev–Trinajstić information content (AvgIpc) is 2.02. The van der Waals surface area contributed by atoms with E-state index in [9.17, 15) is 4.79 Å². The van der Waals surface area contributed by atoms with Crippen molar-refractivity contribution in [2.45, 2.75) is 6.92 Å². The van der Waals surface area contributed by atoms with Crippen LogP contribution in [0.3, 0.4) is 0 Å². The number of carbonyl (C=O) groups is 1. The van der Waals surface area contributed by atoms with Gasteiger partial charge in [-0.3, -0.25) is 0 Å². The first-order valence-electron chi connectivity index (χ1n) is 4.46. The maximum Gasteiger partial charge on any atom is 0.341 e. The third-order valence-electron chi connectivity index (χ3n) is 2.00. The van der Waals surface area contributed by atoms with Crippen LogP contribution in [0.1, 0.15) is 6.92 Å². The molecule has 5 heteroatoms. The van der Waals surface area contributed by atoms with Crippen LogP contribution in [0.2, 0.25) is 0 Å². The fourth-order valence-electron chi connectivity index (χ4n) is 1.10. The summed E-state index contributed by atoms with van der Waals surface area (Å²) in [6.45, 7) is 2.96. The minimum Gasteiger partial charge on any atom is -0.462 e. The Labute approximate surface area is 82.4 Å². The quantitative estimate of drug-likeness (QED) is 0.380. The lowest BCUT2D eigenvalue weighted by atomic mass is 9.96. The number of nitrogens with one attached hydrogen (secondary N) is 1. The van der Waals surface area contributed by atoms with Gasteiger partial charge in [0.2, 0.25) is 0 Å². The number of esters is 1. The van der Waals surface area contributed by atoms with Crippen LogP contribution in [0.5, 0.6) is 0 Å². The fourth-order valence-corrected chi connectivity index (χ4v) is 1.10. The monoisotopic (exact) mass is 198 g/mol. The Balaban J connectivity index is 2.61. The summed E-state index contributed by atoms with van der Waals surface area (Å²) >= 11 is 0. The van der Waals surface area contributed by atoms with Gasteiger partial charge in [0.25, 0.3) is 0 Å². The Hall–Kier alpha value is -1.36. The molecule has 1 heterocycles. The lowest BCUT2D eigenvalue weighted by molar-refractivity contribution is -0.138. The minimum atomic E-state index is -0.535. The molecule has 14 heavy (non-hydrogen) atoms. The molecule has 0 aromatic heterocycles. The number of nitrogens with two attached hydrogens (primary N) is 1. The average molecular weight is 198 g/mol. The molecule has 1 aliphatic rings. The highest BCUT2D eigenvalue weighted by Gasteiger charge is 2.29. The van der Waals surface area contributed by atoms with Crippen LogP contribution in [0.15, 0.2) is 11.8 Å². The number of ether oxygens (including phenoxy) is 2. The van der Waals surface area contributed by atoms with E-state index in [2.05, 4.69) is 0 Å². The highest BCUT2D eigenvalue weighted by molar-refractivity contribution is 6.19. The summed E-state index contributed by atoms with van der Waals surface area (Å²) < 4.78 is 9.70. The smallest absolute Gasteiger partial charge is 0.341 e. The van der Waals surface area contributed by atoms with E-state index in [1.54, 1.807) is 6.92 Å². The van der Waals surface area contributed by atoms with Gasteiger partial charge >= 0.3 is 5.97 Å². The van der Waals surface area contributed by atoms with Crippen LogP contribution in [-0.4, -0.2) is 31.5 Å². The Morgan fingerprint density at radius 3 is 2.71 bits per heavy atom. The molecule has 1 fully saturated rings. The zero-order valence-electron chi connectivity index (χ0n) is 8.08. The van der Waals surface area contributed by atoms with Gasteiger partial charge in [-0.05, 0) is 6.92 Å². The van der Waals surface area contributed by atoms with E-state index in [4.69, 9.17) is 20.6 Å². The van der Waals surface area contributed by atoms with Crippen LogP contribution in [0.4, 0.5) is 0 Å². The molecule has 0 unspecified atom stereocenters. The molecule has 0 aliphatic carbocycles. The van der Waals surface area contributed by atoms with Gasteiger partial charge in [-0.25, -0.2) is 4.79 Å². The molecule has 1 saturated heterocycles. The van der Waals surface area contributed by atoms with E-state index in [0.29, 0.717) is 13.2 Å².